The molecule has 25 heteroatoms. The molecule has 0 aromatic heterocycles. The first-order valence-electron chi connectivity index (χ1n) is 14.6. The van der Waals surface area contributed by atoms with Crippen molar-refractivity contribution in [2.75, 3.05) is 0 Å². The fourth-order valence-electron chi connectivity index (χ4n) is 6.10. The summed E-state index contributed by atoms with van der Waals surface area (Å²) in [5.74, 6) is -50.5. The van der Waals surface area contributed by atoms with Crippen LogP contribution in [0.25, 0.3) is 0 Å². The number of halogens is 16. The maximum atomic E-state index is 15.4. The van der Waals surface area contributed by atoms with Crippen molar-refractivity contribution in [3.05, 3.63) is 138 Å². The molecule has 4 aromatic rings. The summed E-state index contributed by atoms with van der Waals surface area (Å²) in [7, 11) is 0. The quantitative estimate of drug-likeness (QED) is 0.0785. The number of hydrogen-bond donors (Lipinski definition) is 0. The molecule has 0 spiro atoms. The molecular weight excluding hydrogens is 864 g/mol. The van der Waals surface area contributed by atoms with Crippen molar-refractivity contribution in [2.45, 2.75) is 0 Å². The summed E-state index contributed by atoms with van der Waals surface area (Å²) in [4.78, 5) is 28.3. The van der Waals surface area contributed by atoms with Crippen molar-refractivity contribution in [1.29, 1.82) is 0 Å². The van der Waals surface area contributed by atoms with Crippen LogP contribution in [0.3, 0.4) is 0 Å². The van der Waals surface area contributed by atoms with E-state index in [1.54, 1.807) is 0 Å². The van der Waals surface area contributed by atoms with Gasteiger partial charge in [0, 0.05) is 17.1 Å². The molecule has 1 radical (unpaired) electrons. The fourth-order valence-corrected chi connectivity index (χ4v) is 6.10. The summed E-state index contributed by atoms with van der Waals surface area (Å²) < 4.78 is 240. The van der Waals surface area contributed by atoms with Crippen LogP contribution >= 0.6 is 0 Å². The second kappa shape index (κ2) is 12.3. The molecular formula is C32CuF16N8. The van der Waals surface area contributed by atoms with E-state index in [1.165, 1.54) is 0 Å². The van der Waals surface area contributed by atoms with E-state index in [4.69, 9.17) is 0 Å². The fraction of sp³-hybridized carbons (Fsp3) is 0. The number of amidine groups is 8. The number of fused-ring (bicyclic) bond motifs is 16. The molecule has 0 amide bonds. The molecule has 5 heterocycles. The number of nitrogens with zero attached hydrogens (tertiary/aromatic N) is 8. The van der Waals surface area contributed by atoms with Crippen LogP contribution in [-0.2, 0) is 17.1 Å². The standard InChI is InChI=1S/C32F16N8.Cu/c33-9-1-2(10(34)18(42)17(9)41)26-49-25(1)53-27-3-4(12(36)20(44)19(43)11(3)35)29(50-27)55-31-7-8(16(40)24(48)23(47)15(7)39)32(52-31)56-30-6-5(28(51-30)54-26)13(37)21(45)22(46)14(6)38;. The van der Waals surface area contributed by atoms with Gasteiger partial charge in [0.2, 0.25) is 0 Å². The first kappa shape index (κ1) is 37.6. The van der Waals surface area contributed by atoms with E-state index in [0.29, 0.717) is 0 Å². The molecule has 0 N–H and O–H groups in total. The minimum Gasteiger partial charge on any atom is -0.208 e. The number of hydrogen-bond acceptors (Lipinski definition) is 8. The van der Waals surface area contributed by atoms with Gasteiger partial charge < -0.3 is 0 Å². The van der Waals surface area contributed by atoms with E-state index in [2.05, 4.69) is 39.9 Å². The Kier molecular flexibility index (Phi) is 8.12. The second-order valence-electron chi connectivity index (χ2n) is 11.5. The van der Waals surface area contributed by atoms with Crippen molar-refractivity contribution in [3.63, 3.8) is 0 Å². The molecule has 8 nitrogen and oxygen atoms in total. The van der Waals surface area contributed by atoms with Crippen molar-refractivity contribution in [2.24, 2.45) is 39.9 Å². The monoisotopic (exact) mass is 863 g/mol. The van der Waals surface area contributed by atoms with Gasteiger partial charge in [0.25, 0.3) is 0 Å². The number of benzene rings is 4. The average Bonchev–Trinajstić information content (AvgIpc) is 3.92. The summed E-state index contributed by atoms with van der Waals surface area (Å²) >= 11 is 0. The van der Waals surface area contributed by atoms with Crippen LogP contribution in [0.2, 0.25) is 0 Å². The summed E-state index contributed by atoms with van der Waals surface area (Å²) in [6.45, 7) is 0. The largest absolute Gasteiger partial charge is 0.208 e. The molecule has 57 heavy (non-hydrogen) atoms. The maximum Gasteiger partial charge on any atom is 0.198 e. The molecule has 0 saturated heterocycles. The van der Waals surface area contributed by atoms with Gasteiger partial charge in [-0.15, -0.1) is 0 Å². The van der Waals surface area contributed by atoms with Crippen LogP contribution in [0.5, 0.6) is 0 Å². The maximum absolute atomic E-state index is 15.4. The van der Waals surface area contributed by atoms with Crippen LogP contribution < -0.4 is 0 Å². The van der Waals surface area contributed by atoms with Crippen LogP contribution in [0, 0.1) is 93.1 Å². The van der Waals surface area contributed by atoms with E-state index >= 15 is 35.1 Å². The van der Waals surface area contributed by atoms with Crippen molar-refractivity contribution in [1.82, 2.24) is 0 Å². The van der Waals surface area contributed by atoms with Crippen molar-refractivity contribution < 1.29 is 87.3 Å². The van der Waals surface area contributed by atoms with Gasteiger partial charge >= 0.3 is 0 Å². The molecule has 9 rings (SSSR count). The van der Waals surface area contributed by atoms with Gasteiger partial charge in [-0.2, -0.15) is 0 Å². The Bertz CT molecular complexity index is 2570. The van der Waals surface area contributed by atoms with E-state index < -0.39 is 184 Å². The predicted octanol–water partition coefficient (Wildman–Crippen LogP) is 7.05. The van der Waals surface area contributed by atoms with E-state index in [0.717, 1.165) is 0 Å². The number of aliphatic imine (C=N–C) groups is 8. The molecule has 0 aliphatic carbocycles. The predicted molar refractivity (Wildman–Crippen MR) is 157 cm³/mol. The Morgan fingerprint density at radius 1 is 0.158 bits per heavy atom. The molecule has 0 unspecified atom stereocenters. The molecule has 5 aliphatic heterocycles. The second-order valence-corrected chi connectivity index (χ2v) is 11.5. The molecule has 5 aliphatic rings. The van der Waals surface area contributed by atoms with Gasteiger partial charge in [0.15, 0.2) is 140 Å². The first-order chi connectivity index (χ1) is 26.4. The average molecular weight is 864 g/mol. The minimum atomic E-state index is -2.55. The normalized spacial score (nSPS) is 15.7. The number of rotatable bonds is 0. The third kappa shape index (κ3) is 4.77. The van der Waals surface area contributed by atoms with Gasteiger partial charge in [-0.25, -0.2) is 110 Å². The van der Waals surface area contributed by atoms with Gasteiger partial charge in [-0.3, -0.25) is 0 Å². The third-order valence-electron chi connectivity index (χ3n) is 8.55. The van der Waals surface area contributed by atoms with Crippen LogP contribution in [0.1, 0.15) is 44.5 Å². The Labute approximate surface area is 311 Å². The van der Waals surface area contributed by atoms with Crippen molar-refractivity contribution >= 4 is 46.7 Å². The first-order valence-corrected chi connectivity index (χ1v) is 14.6. The minimum absolute atomic E-state index is 0. The summed E-state index contributed by atoms with van der Waals surface area (Å²) in [5.41, 5.74) is -12.1. The topological polar surface area (TPSA) is 98.9 Å². The van der Waals surface area contributed by atoms with Crippen molar-refractivity contribution in [3.8, 4) is 0 Å². The summed E-state index contributed by atoms with van der Waals surface area (Å²) in [6.07, 6.45) is 0. The van der Waals surface area contributed by atoms with Gasteiger partial charge in [-0.05, 0) is 0 Å². The zero-order valence-corrected chi connectivity index (χ0v) is 26.9. The Hall–Kier alpha value is -6.36. The van der Waals surface area contributed by atoms with Gasteiger partial charge in [0.05, 0.1) is 44.5 Å². The van der Waals surface area contributed by atoms with Crippen LogP contribution in [0.15, 0.2) is 39.9 Å². The molecule has 0 atom stereocenters. The third-order valence-corrected chi connectivity index (χ3v) is 8.55. The van der Waals surface area contributed by atoms with E-state index in [1.807, 2.05) is 0 Å². The summed E-state index contributed by atoms with van der Waals surface area (Å²) in [6, 6.07) is 0. The SMILES string of the molecule is Fc1c(F)c(F)c2c(c1F)C1=NC2=NC2=NC(=NC3=NC(=NC4=NC(=N1)c1c(F)c(F)c(F)c(F)c14)c1c(F)c(F)c(F)c(F)c13)c1c(F)c(F)c(F)c(F)c12.[Cu]. The van der Waals surface area contributed by atoms with E-state index in [9.17, 15) is 35.1 Å². The zero-order valence-electron chi connectivity index (χ0n) is 25.9. The summed E-state index contributed by atoms with van der Waals surface area (Å²) in [5, 5.41) is 0. The van der Waals surface area contributed by atoms with Gasteiger partial charge in [-0.1, -0.05) is 0 Å². The molecule has 8 bridgehead atoms. The van der Waals surface area contributed by atoms with Crippen LogP contribution in [0.4, 0.5) is 70.2 Å². The van der Waals surface area contributed by atoms with Gasteiger partial charge in [0.1, 0.15) is 0 Å². The molecule has 291 valence electrons. The smallest absolute Gasteiger partial charge is 0.198 e. The Morgan fingerprint density at radius 3 is 0.333 bits per heavy atom. The van der Waals surface area contributed by atoms with Crippen LogP contribution in [-0.4, -0.2) is 46.7 Å². The molecule has 0 saturated carbocycles. The Morgan fingerprint density at radius 2 is 0.246 bits per heavy atom. The zero-order chi connectivity index (χ0) is 40.1. The molecule has 0 fully saturated rings. The Balaban J connectivity index is 0.00000455. The van der Waals surface area contributed by atoms with E-state index in [-0.39, 0.29) is 17.1 Å². The molecule has 4 aromatic carbocycles.